The molecule has 0 fully saturated rings. The van der Waals surface area contributed by atoms with Crippen molar-refractivity contribution in [2.45, 2.75) is 6.10 Å². The molecule has 1 rings (SSSR count). The number of hydrogen-bond donors (Lipinski definition) is 1. The lowest BCUT2D eigenvalue weighted by atomic mass is 10.2. The van der Waals surface area contributed by atoms with Gasteiger partial charge in [-0.25, -0.2) is 4.98 Å². The predicted octanol–water partition coefficient (Wildman–Crippen LogP) is 1.41. The second-order valence-electron chi connectivity index (χ2n) is 2.39. The molecule has 4 heteroatoms. The fourth-order valence-corrected chi connectivity index (χ4v) is 0.950. The molecule has 66 valence electrons. The third kappa shape index (κ3) is 2.44. The molecule has 0 saturated heterocycles. The maximum Gasteiger partial charge on any atom is 0.129 e. The van der Waals surface area contributed by atoms with Gasteiger partial charge in [0.15, 0.2) is 0 Å². The van der Waals surface area contributed by atoms with Gasteiger partial charge in [-0.3, -0.25) is 0 Å². The van der Waals surface area contributed by atoms with E-state index in [9.17, 15) is 5.11 Å². The molecule has 0 spiro atoms. The highest BCUT2D eigenvalue weighted by atomic mass is 35.5. The molecular formula is C8H10ClNO2. The molecule has 1 aromatic heterocycles. The third-order valence-electron chi connectivity index (χ3n) is 1.46. The van der Waals surface area contributed by atoms with E-state index in [0.29, 0.717) is 10.7 Å². The van der Waals surface area contributed by atoms with Crippen LogP contribution in [0.1, 0.15) is 11.7 Å². The van der Waals surface area contributed by atoms with Crippen LogP contribution >= 0.6 is 11.6 Å². The van der Waals surface area contributed by atoms with Gasteiger partial charge in [-0.2, -0.15) is 0 Å². The van der Waals surface area contributed by atoms with E-state index in [2.05, 4.69) is 4.98 Å². The van der Waals surface area contributed by atoms with E-state index in [1.807, 2.05) is 0 Å². The molecule has 3 nitrogen and oxygen atoms in total. The summed E-state index contributed by atoms with van der Waals surface area (Å²) < 4.78 is 4.78. The molecule has 1 atom stereocenters. The third-order valence-corrected chi connectivity index (χ3v) is 1.68. The number of hydrogen-bond acceptors (Lipinski definition) is 3. The molecule has 0 aliphatic heterocycles. The Kier molecular flexibility index (Phi) is 3.47. The minimum atomic E-state index is -0.625. The average molecular weight is 188 g/mol. The Bertz CT molecular complexity index is 237. The van der Waals surface area contributed by atoms with E-state index >= 15 is 0 Å². The molecule has 0 radical (unpaired) electrons. The van der Waals surface area contributed by atoms with Gasteiger partial charge in [0.25, 0.3) is 0 Å². The summed E-state index contributed by atoms with van der Waals surface area (Å²) in [6.45, 7) is 0.267. The Labute approximate surface area is 76.0 Å². The van der Waals surface area contributed by atoms with Gasteiger partial charge < -0.3 is 9.84 Å². The summed E-state index contributed by atoms with van der Waals surface area (Å²) in [7, 11) is 1.53. The highest BCUT2D eigenvalue weighted by Crippen LogP contribution is 2.13. The first-order chi connectivity index (χ1) is 5.74. The number of methoxy groups -OCH3 is 1. The van der Waals surface area contributed by atoms with Crippen molar-refractivity contribution in [3.05, 3.63) is 29.0 Å². The normalized spacial score (nSPS) is 12.9. The summed E-state index contributed by atoms with van der Waals surface area (Å²) in [6, 6.07) is 3.36. The van der Waals surface area contributed by atoms with Crippen LogP contribution in [0, 0.1) is 0 Å². The van der Waals surface area contributed by atoms with Crippen LogP contribution in [-0.2, 0) is 4.74 Å². The SMILES string of the molecule is COCC(O)c1ccc(Cl)nc1. The van der Waals surface area contributed by atoms with Gasteiger partial charge in [0.2, 0.25) is 0 Å². The highest BCUT2D eigenvalue weighted by Gasteiger charge is 2.06. The summed E-state index contributed by atoms with van der Waals surface area (Å²) in [5.74, 6) is 0. The standard InChI is InChI=1S/C8H10ClNO2/c1-12-5-7(11)6-2-3-8(9)10-4-6/h2-4,7,11H,5H2,1H3. The maximum atomic E-state index is 9.40. The van der Waals surface area contributed by atoms with Gasteiger partial charge in [-0.1, -0.05) is 17.7 Å². The molecule has 1 unspecified atom stereocenters. The van der Waals surface area contributed by atoms with Crippen LogP contribution in [0.4, 0.5) is 0 Å². The smallest absolute Gasteiger partial charge is 0.129 e. The lowest BCUT2D eigenvalue weighted by Gasteiger charge is -2.08. The molecule has 0 aromatic carbocycles. The van der Waals surface area contributed by atoms with E-state index in [1.165, 1.54) is 13.3 Å². The largest absolute Gasteiger partial charge is 0.386 e. The highest BCUT2D eigenvalue weighted by molar-refractivity contribution is 6.29. The number of halogens is 1. The minimum Gasteiger partial charge on any atom is -0.386 e. The first-order valence-electron chi connectivity index (χ1n) is 3.52. The van der Waals surface area contributed by atoms with Crippen LogP contribution in [-0.4, -0.2) is 23.8 Å². The van der Waals surface area contributed by atoms with Crippen molar-refractivity contribution >= 4 is 11.6 Å². The van der Waals surface area contributed by atoms with Crippen molar-refractivity contribution in [2.24, 2.45) is 0 Å². The molecule has 0 aliphatic carbocycles. The van der Waals surface area contributed by atoms with Crippen molar-refractivity contribution < 1.29 is 9.84 Å². The summed E-state index contributed by atoms with van der Waals surface area (Å²) in [4.78, 5) is 3.83. The first kappa shape index (κ1) is 9.45. The van der Waals surface area contributed by atoms with E-state index in [-0.39, 0.29) is 6.61 Å². The molecule has 0 bridgehead atoms. The minimum absolute atomic E-state index is 0.267. The van der Waals surface area contributed by atoms with Gasteiger partial charge in [0.1, 0.15) is 11.3 Å². The Morgan fingerprint density at radius 2 is 2.42 bits per heavy atom. The van der Waals surface area contributed by atoms with Crippen LogP contribution in [0.2, 0.25) is 5.15 Å². The molecule has 12 heavy (non-hydrogen) atoms. The molecule has 1 heterocycles. The average Bonchev–Trinajstić information content (AvgIpc) is 2.06. The molecule has 0 amide bonds. The monoisotopic (exact) mass is 187 g/mol. The van der Waals surface area contributed by atoms with Crippen LogP contribution in [0.15, 0.2) is 18.3 Å². The first-order valence-corrected chi connectivity index (χ1v) is 3.90. The van der Waals surface area contributed by atoms with Crippen LogP contribution in [0.25, 0.3) is 0 Å². The van der Waals surface area contributed by atoms with Crippen molar-refractivity contribution in [1.29, 1.82) is 0 Å². The maximum absolute atomic E-state index is 9.40. The van der Waals surface area contributed by atoms with Crippen LogP contribution < -0.4 is 0 Å². The van der Waals surface area contributed by atoms with E-state index in [0.717, 1.165) is 0 Å². The van der Waals surface area contributed by atoms with Crippen LogP contribution in [0.3, 0.4) is 0 Å². The Morgan fingerprint density at radius 1 is 1.67 bits per heavy atom. The number of aliphatic hydroxyl groups excluding tert-OH is 1. The van der Waals surface area contributed by atoms with Gasteiger partial charge in [-0.15, -0.1) is 0 Å². The topological polar surface area (TPSA) is 42.4 Å². The fourth-order valence-electron chi connectivity index (χ4n) is 0.838. The lowest BCUT2D eigenvalue weighted by molar-refractivity contribution is 0.0642. The number of pyridine rings is 1. The van der Waals surface area contributed by atoms with E-state index < -0.39 is 6.10 Å². The molecular weight excluding hydrogens is 178 g/mol. The Morgan fingerprint density at radius 3 is 2.92 bits per heavy atom. The second-order valence-corrected chi connectivity index (χ2v) is 2.77. The van der Waals surface area contributed by atoms with Crippen molar-refractivity contribution in [3.8, 4) is 0 Å². The van der Waals surface area contributed by atoms with Gasteiger partial charge >= 0.3 is 0 Å². The fraction of sp³-hybridized carbons (Fsp3) is 0.375. The van der Waals surface area contributed by atoms with Crippen molar-refractivity contribution in [2.75, 3.05) is 13.7 Å². The number of ether oxygens (including phenoxy) is 1. The lowest BCUT2D eigenvalue weighted by Crippen LogP contribution is -2.05. The zero-order chi connectivity index (χ0) is 8.97. The molecule has 1 N–H and O–H groups in total. The Hall–Kier alpha value is -0.640. The number of aliphatic hydroxyl groups is 1. The Balaban J connectivity index is 2.68. The predicted molar refractivity (Wildman–Crippen MR) is 46.1 cm³/mol. The second kappa shape index (κ2) is 4.40. The number of nitrogens with zero attached hydrogens (tertiary/aromatic N) is 1. The van der Waals surface area contributed by atoms with E-state index in [4.69, 9.17) is 16.3 Å². The summed E-state index contributed by atoms with van der Waals surface area (Å²) in [5, 5.41) is 9.82. The molecule has 0 aliphatic rings. The van der Waals surface area contributed by atoms with Gasteiger partial charge in [0.05, 0.1) is 6.61 Å². The summed E-state index contributed by atoms with van der Waals surface area (Å²) in [6.07, 6.45) is 0.909. The zero-order valence-electron chi connectivity index (χ0n) is 6.70. The van der Waals surface area contributed by atoms with Crippen molar-refractivity contribution in [1.82, 2.24) is 4.98 Å². The zero-order valence-corrected chi connectivity index (χ0v) is 7.45. The number of rotatable bonds is 3. The quantitative estimate of drug-likeness (QED) is 0.728. The molecule has 0 saturated carbocycles. The summed E-state index contributed by atoms with van der Waals surface area (Å²) in [5.41, 5.74) is 0.709. The van der Waals surface area contributed by atoms with Crippen molar-refractivity contribution in [3.63, 3.8) is 0 Å². The molecule has 1 aromatic rings. The number of aromatic nitrogens is 1. The van der Waals surface area contributed by atoms with Crippen LogP contribution in [0.5, 0.6) is 0 Å². The van der Waals surface area contributed by atoms with Gasteiger partial charge in [-0.05, 0) is 6.07 Å². The van der Waals surface area contributed by atoms with Gasteiger partial charge in [0, 0.05) is 18.9 Å². The van der Waals surface area contributed by atoms with E-state index in [1.54, 1.807) is 12.1 Å². The summed E-state index contributed by atoms with van der Waals surface area (Å²) >= 11 is 5.57.